The molecule has 0 radical (unpaired) electrons. The highest BCUT2D eigenvalue weighted by Crippen LogP contribution is 2.54. The fourth-order valence-corrected chi connectivity index (χ4v) is 4.58. The highest BCUT2D eigenvalue weighted by Gasteiger charge is 2.35. The quantitative estimate of drug-likeness (QED) is 0.492. The van der Waals surface area contributed by atoms with Crippen molar-refractivity contribution in [3.8, 4) is 11.5 Å². The Balaban J connectivity index is 2.21. The minimum Gasteiger partial charge on any atom is -0.457 e. The van der Waals surface area contributed by atoms with Gasteiger partial charge in [0.1, 0.15) is 17.3 Å². The third-order valence-corrected chi connectivity index (χ3v) is 6.29. The molecule has 2 aromatic rings. The van der Waals surface area contributed by atoms with Crippen LogP contribution in [0.25, 0.3) is 6.08 Å². The van der Waals surface area contributed by atoms with Crippen LogP contribution in [0.5, 0.6) is 11.5 Å². The van der Waals surface area contributed by atoms with E-state index in [-0.39, 0.29) is 0 Å². The lowest BCUT2D eigenvalue weighted by Gasteiger charge is -2.28. The van der Waals surface area contributed by atoms with Crippen molar-refractivity contribution in [2.75, 3.05) is 27.3 Å². The first-order chi connectivity index (χ1) is 13.0. The number of hydrogen-bond acceptors (Lipinski definition) is 5. The number of nitrogens with zero attached hydrogens (tertiary/aromatic N) is 1. The van der Waals surface area contributed by atoms with E-state index in [1.165, 1.54) is 0 Å². The Morgan fingerprint density at radius 2 is 1.59 bits per heavy atom. The Kier molecular flexibility index (Phi) is 8.26. The largest absolute Gasteiger partial charge is 0.457 e. The molecule has 0 saturated heterocycles. The molecule has 0 aliphatic rings. The second-order valence-corrected chi connectivity index (χ2v) is 8.22. The number of rotatable bonds is 10. The van der Waals surface area contributed by atoms with Crippen LogP contribution < -0.4 is 4.74 Å². The molecule has 0 heterocycles. The Hall–Kier alpha value is -1.91. The maximum Gasteiger partial charge on any atom is 0.351 e. The lowest BCUT2D eigenvalue weighted by atomic mass is 10.2. The van der Waals surface area contributed by atoms with Crippen LogP contribution in [0.15, 0.2) is 60.7 Å². The van der Waals surface area contributed by atoms with Crippen molar-refractivity contribution in [2.45, 2.75) is 19.6 Å². The van der Waals surface area contributed by atoms with Gasteiger partial charge in [0.15, 0.2) is 0 Å². The van der Waals surface area contributed by atoms with Crippen LogP contribution >= 0.6 is 7.60 Å². The summed E-state index contributed by atoms with van der Waals surface area (Å²) in [5, 5.41) is 0. The molecule has 0 spiro atoms. The maximum atomic E-state index is 13.1. The van der Waals surface area contributed by atoms with E-state index >= 15 is 0 Å². The molecule has 0 aliphatic carbocycles. The van der Waals surface area contributed by atoms with E-state index in [0.29, 0.717) is 13.2 Å². The number of para-hydroxylation sites is 1. The van der Waals surface area contributed by atoms with E-state index in [1.807, 2.05) is 99.6 Å². The first-order valence-electron chi connectivity index (χ1n) is 9.05. The molecule has 0 amide bonds. The van der Waals surface area contributed by atoms with E-state index in [2.05, 4.69) is 0 Å². The monoisotopic (exact) mass is 389 g/mol. The molecule has 146 valence electrons. The molecule has 0 bridgehead atoms. The Morgan fingerprint density at radius 3 is 2.19 bits per heavy atom. The van der Waals surface area contributed by atoms with Gasteiger partial charge in [-0.1, -0.05) is 42.5 Å². The van der Waals surface area contributed by atoms with Crippen molar-refractivity contribution in [1.29, 1.82) is 0 Å². The number of benzene rings is 2. The molecule has 0 aliphatic heterocycles. The molecule has 6 heteroatoms. The predicted octanol–water partition coefficient (Wildman–Crippen LogP) is 5.65. The zero-order valence-electron chi connectivity index (χ0n) is 16.4. The van der Waals surface area contributed by atoms with Gasteiger partial charge < -0.3 is 13.8 Å². The topological polar surface area (TPSA) is 48.0 Å². The first-order valence-corrected chi connectivity index (χ1v) is 10.7. The third kappa shape index (κ3) is 6.33. The van der Waals surface area contributed by atoms with Gasteiger partial charge in [0.2, 0.25) is 0 Å². The second kappa shape index (κ2) is 10.4. The van der Waals surface area contributed by atoms with Gasteiger partial charge >= 0.3 is 7.60 Å². The summed E-state index contributed by atoms with van der Waals surface area (Å²) in [5.74, 6) is 1.04. The zero-order chi connectivity index (χ0) is 19.7. The van der Waals surface area contributed by atoms with Gasteiger partial charge in [0.25, 0.3) is 0 Å². The van der Waals surface area contributed by atoms with E-state index < -0.39 is 13.4 Å². The molecule has 5 nitrogen and oxygen atoms in total. The SMILES string of the molecule is CCOP(=O)(OCC)C(/C=C/c1cccc(Oc2ccccc2)c1)N(C)C. The smallest absolute Gasteiger partial charge is 0.351 e. The summed E-state index contributed by atoms with van der Waals surface area (Å²) in [4.78, 5) is 1.84. The number of hydrogen-bond donors (Lipinski definition) is 0. The lowest BCUT2D eigenvalue weighted by Crippen LogP contribution is -2.27. The van der Waals surface area contributed by atoms with Gasteiger partial charge in [-0.05, 0) is 57.8 Å². The highest BCUT2D eigenvalue weighted by molar-refractivity contribution is 7.54. The normalized spacial score (nSPS) is 13.2. The van der Waals surface area contributed by atoms with Crippen molar-refractivity contribution in [1.82, 2.24) is 4.90 Å². The molecule has 2 aromatic carbocycles. The first kappa shape index (κ1) is 21.4. The summed E-state index contributed by atoms with van der Waals surface area (Å²) >= 11 is 0. The lowest BCUT2D eigenvalue weighted by molar-refractivity contribution is 0.196. The fraction of sp³-hybridized carbons (Fsp3) is 0.333. The van der Waals surface area contributed by atoms with E-state index in [0.717, 1.165) is 17.1 Å². The Morgan fingerprint density at radius 1 is 0.963 bits per heavy atom. The molecule has 27 heavy (non-hydrogen) atoms. The van der Waals surface area contributed by atoms with Crippen molar-refractivity contribution in [2.24, 2.45) is 0 Å². The van der Waals surface area contributed by atoms with Crippen molar-refractivity contribution >= 4 is 13.7 Å². The molecule has 0 saturated carbocycles. The summed E-state index contributed by atoms with van der Waals surface area (Å²) in [5.41, 5.74) is 0.940. The van der Waals surface area contributed by atoms with Gasteiger partial charge in [-0.25, -0.2) is 0 Å². The van der Waals surface area contributed by atoms with Gasteiger partial charge in [-0.2, -0.15) is 0 Å². The summed E-state index contributed by atoms with van der Waals surface area (Å²) in [6, 6.07) is 17.3. The average Bonchev–Trinajstić information content (AvgIpc) is 2.63. The van der Waals surface area contributed by atoms with Crippen LogP contribution in [0.1, 0.15) is 19.4 Å². The van der Waals surface area contributed by atoms with Crippen LogP contribution in [0.3, 0.4) is 0 Å². The van der Waals surface area contributed by atoms with E-state index in [9.17, 15) is 4.57 Å². The minimum absolute atomic E-state index is 0.329. The van der Waals surface area contributed by atoms with Crippen molar-refractivity contribution in [3.63, 3.8) is 0 Å². The molecule has 0 N–H and O–H groups in total. The predicted molar refractivity (Wildman–Crippen MR) is 110 cm³/mol. The standard InChI is InChI=1S/C21H28NO4P/c1-5-24-27(23,25-6-2)21(22(3)4)16-15-18-11-10-14-20(17-18)26-19-12-8-7-9-13-19/h7-17,21H,5-6H2,1-4H3/b16-15+. The molecule has 2 rings (SSSR count). The fourth-order valence-electron chi connectivity index (χ4n) is 2.61. The minimum atomic E-state index is -3.28. The Bertz CT molecular complexity index is 767. The van der Waals surface area contributed by atoms with Gasteiger partial charge in [0.05, 0.1) is 13.2 Å². The number of ether oxygens (including phenoxy) is 1. The molecule has 1 unspecified atom stereocenters. The number of likely N-dealkylation sites (N-methyl/N-ethyl adjacent to an activating group) is 1. The third-order valence-electron chi connectivity index (χ3n) is 3.77. The van der Waals surface area contributed by atoms with Crippen LogP contribution in [0.4, 0.5) is 0 Å². The van der Waals surface area contributed by atoms with Crippen LogP contribution in [-0.4, -0.2) is 38.0 Å². The van der Waals surface area contributed by atoms with Gasteiger partial charge in [-0.3, -0.25) is 9.46 Å². The van der Waals surface area contributed by atoms with Gasteiger partial charge in [0, 0.05) is 0 Å². The second-order valence-electron chi connectivity index (χ2n) is 6.10. The molecule has 0 aromatic heterocycles. The summed E-state index contributed by atoms with van der Waals surface area (Å²) in [6.45, 7) is 4.28. The summed E-state index contributed by atoms with van der Waals surface area (Å²) in [6.07, 6.45) is 3.76. The van der Waals surface area contributed by atoms with E-state index in [1.54, 1.807) is 0 Å². The molecular weight excluding hydrogens is 361 g/mol. The average molecular weight is 389 g/mol. The Labute approximate surface area is 162 Å². The molecule has 0 fully saturated rings. The summed E-state index contributed by atoms with van der Waals surface area (Å²) in [7, 11) is 0.430. The summed E-state index contributed by atoms with van der Waals surface area (Å²) < 4.78 is 30.0. The maximum absolute atomic E-state index is 13.1. The van der Waals surface area contributed by atoms with Crippen LogP contribution in [0.2, 0.25) is 0 Å². The van der Waals surface area contributed by atoms with E-state index in [4.69, 9.17) is 13.8 Å². The molecular formula is C21H28NO4P. The van der Waals surface area contributed by atoms with Gasteiger partial charge in [-0.15, -0.1) is 0 Å². The zero-order valence-corrected chi connectivity index (χ0v) is 17.3. The van der Waals surface area contributed by atoms with Crippen LogP contribution in [-0.2, 0) is 13.6 Å². The van der Waals surface area contributed by atoms with Crippen molar-refractivity contribution < 1.29 is 18.3 Å². The van der Waals surface area contributed by atoms with Crippen molar-refractivity contribution in [3.05, 3.63) is 66.2 Å². The highest BCUT2D eigenvalue weighted by atomic mass is 31.2. The molecule has 1 atom stereocenters. The van der Waals surface area contributed by atoms with Crippen LogP contribution in [0, 0.1) is 0 Å².